The van der Waals surface area contributed by atoms with Crippen molar-refractivity contribution in [2.24, 2.45) is 0 Å². The number of ether oxygens (including phenoxy) is 1. The minimum absolute atomic E-state index is 0.685. The summed E-state index contributed by atoms with van der Waals surface area (Å²) in [6, 6.07) is 7.49. The summed E-state index contributed by atoms with van der Waals surface area (Å²) < 4.78 is 4.52. The topological polar surface area (TPSA) is 9.23 Å². The molecule has 0 aromatic heterocycles. The lowest BCUT2D eigenvalue weighted by Gasteiger charge is -2.16. The molecule has 0 unspecified atom stereocenters. The molecule has 0 aliphatic rings. The standard InChI is InChI=1S/C11H13BrCl2O/c1-2-3-8-15-10-7-5-4-6-9(10)11(12,13)14/h4-7H,2-3,8H2,1H3. The van der Waals surface area contributed by atoms with Gasteiger partial charge in [-0.1, -0.05) is 54.7 Å². The Morgan fingerprint density at radius 2 is 2.00 bits per heavy atom. The zero-order valence-electron chi connectivity index (χ0n) is 8.47. The Kier molecular flexibility index (Phi) is 5.24. The zero-order chi connectivity index (χ0) is 11.3. The SMILES string of the molecule is CCCCOc1ccccc1C(Cl)(Cl)Br. The van der Waals surface area contributed by atoms with E-state index in [0.29, 0.717) is 6.61 Å². The fourth-order valence-electron chi connectivity index (χ4n) is 1.15. The number of para-hydroxylation sites is 1. The molecular formula is C11H13BrCl2O. The molecule has 15 heavy (non-hydrogen) atoms. The molecule has 0 aliphatic carbocycles. The second-order valence-corrected chi connectivity index (χ2v) is 6.63. The van der Waals surface area contributed by atoms with E-state index in [1.54, 1.807) is 0 Å². The quantitative estimate of drug-likeness (QED) is 0.558. The predicted octanol–water partition coefficient (Wildman–Crippen LogP) is 4.85. The van der Waals surface area contributed by atoms with Crippen molar-refractivity contribution in [1.29, 1.82) is 0 Å². The Hall–Kier alpha value is 0.0800. The molecule has 1 rings (SSSR count). The molecular weight excluding hydrogens is 299 g/mol. The van der Waals surface area contributed by atoms with Crippen LogP contribution in [0.5, 0.6) is 5.75 Å². The van der Waals surface area contributed by atoms with Crippen LogP contribution in [-0.2, 0) is 3.24 Å². The molecule has 0 heterocycles. The number of alkyl halides is 3. The lowest BCUT2D eigenvalue weighted by Crippen LogP contribution is -2.05. The summed E-state index contributed by atoms with van der Waals surface area (Å²) in [4.78, 5) is 0. The number of benzene rings is 1. The van der Waals surface area contributed by atoms with Crippen molar-refractivity contribution in [3.8, 4) is 5.75 Å². The van der Waals surface area contributed by atoms with Crippen LogP contribution in [0.2, 0.25) is 0 Å². The normalized spacial score (nSPS) is 11.5. The van der Waals surface area contributed by atoms with Crippen LogP contribution in [0.1, 0.15) is 25.3 Å². The van der Waals surface area contributed by atoms with E-state index in [0.717, 1.165) is 24.2 Å². The molecule has 84 valence electrons. The van der Waals surface area contributed by atoms with Crippen LogP contribution in [0, 0.1) is 0 Å². The fraction of sp³-hybridized carbons (Fsp3) is 0.455. The predicted molar refractivity (Wildman–Crippen MR) is 69.2 cm³/mol. The molecule has 1 aromatic rings. The van der Waals surface area contributed by atoms with Crippen molar-refractivity contribution >= 4 is 39.1 Å². The molecule has 0 saturated carbocycles. The molecule has 0 aliphatic heterocycles. The Labute approximate surface area is 109 Å². The third-order valence-electron chi connectivity index (χ3n) is 1.95. The average Bonchev–Trinajstić information content (AvgIpc) is 2.17. The molecule has 4 heteroatoms. The van der Waals surface area contributed by atoms with Gasteiger partial charge in [-0.05, 0) is 28.4 Å². The van der Waals surface area contributed by atoms with Crippen LogP contribution in [-0.4, -0.2) is 6.61 Å². The first kappa shape index (κ1) is 13.1. The summed E-state index contributed by atoms with van der Waals surface area (Å²) in [6.07, 6.45) is 2.12. The van der Waals surface area contributed by atoms with Crippen LogP contribution >= 0.6 is 39.1 Å². The van der Waals surface area contributed by atoms with Gasteiger partial charge in [0.1, 0.15) is 5.75 Å². The monoisotopic (exact) mass is 310 g/mol. The summed E-state index contributed by atoms with van der Waals surface area (Å²) in [5.74, 6) is 0.729. The molecule has 1 aromatic carbocycles. The Morgan fingerprint density at radius 3 is 2.60 bits per heavy atom. The molecule has 0 saturated heterocycles. The van der Waals surface area contributed by atoms with Crippen LogP contribution < -0.4 is 4.74 Å². The van der Waals surface area contributed by atoms with E-state index in [-0.39, 0.29) is 0 Å². The van der Waals surface area contributed by atoms with Crippen LogP contribution in [0.15, 0.2) is 24.3 Å². The second-order valence-electron chi connectivity index (χ2n) is 3.20. The number of halogens is 3. The van der Waals surface area contributed by atoms with Gasteiger partial charge in [-0.15, -0.1) is 0 Å². The Balaban J connectivity index is 2.78. The van der Waals surface area contributed by atoms with E-state index < -0.39 is 3.24 Å². The summed E-state index contributed by atoms with van der Waals surface area (Å²) in [5.41, 5.74) is 0.740. The van der Waals surface area contributed by atoms with E-state index in [1.807, 2.05) is 24.3 Å². The largest absolute Gasteiger partial charge is 0.493 e. The summed E-state index contributed by atoms with van der Waals surface area (Å²) >= 11 is 15.2. The van der Waals surface area contributed by atoms with Crippen molar-refractivity contribution in [2.45, 2.75) is 23.0 Å². The van der Waals surface area contributed by atoms with E-state index >= 15 is 0 Å². The molecule has 0 fully saturated rings. The lowest BCUT2D eigenvalue weighted by atomic mass is 10.2. The number of hydrogen-bond acceptors (Lipinski definition) is 1. The number of hydrogen-bond donors (Lipinski definition) is 0. The second kappa shape index (κ2) is 5.97. The molecule has 0 N–H and O–H groups in total. The third kappa shape index (κ3) is 4.21. The summed E-state index contributed by atoms with van der Waals surface area (Å²) in [5, 5.41) is 0. The first-order chi connectivity index (χ1) is 7.05. The molecule has 0 spiro atoms. The van der Waals surface area contributed by atoms with Gasteiger partial charge in [-0.3, -0.25) is 0 Å². The maximum Gasteiger partial charge on any atom is 0.200 e. The molecule has 1 nitrogen and oxygen atoms in total. The lowest BCUT2D eigenvalue weighted by molar-refractivity contribution is 0.306. The van der Waals surface area contributed by atoms with E-state index in [2.05, 4.69) is 22.9 Å². The van der Waals surface area contributed by atoms with E-state index in [9.17, 15) is 0 Å². The summed E-state index contributed by atoms with van der Waals surface area (Å²) in [6.45, 7) is 2.80. The Bertz CT molecular complexity index is 310. The van der Waals surface area contributed by atoms with Crippen molar-refractivity contribution in [1.82, 2.24) is 0 Å². The first-order valence-corrected chi connectivity index (χ1v) is 6.39. The molecule has 0 amide bonds. The minimum atomic E-state index is -1.09. The van der Waals surface area contributed by atoms with Crippen molar-refractivity contribution < 1.29 is 4.74 Å². The Morgan fingerprint density at radius 1 is 1.33 bits per heavy atom. The van der Waals surface area contributed by atoms with Crippen LogP contribution in [0.4, 0.5) is 0 Å². The number of rotatable bonds is 5. The van der Waals surface area contributed by atoms with Crippen LogP contribution in [0.25, 0.3) is 0 Å². The van der Waals surface area contributed by atoms with E-state index in [4.69, 9.17) is 27.9 Å². The van der Waals surface area contributed by atoms with Gasteiger partial charge in [-0.25, -0.2) is 0 Å². The van der Waals surface area contributed by atoms with Gasteiger partial charge in [0.2, 0.25) is 3.24 Å². The van der Waals surface area contributed by atoms with Crippen molar-refractivity contribution in [3.63, 3.8) is 0 Å². The molecule has 0 bridgehead atoms. The summed E-state index contributed by atoms with van der Waals surface area (Å²) in [7, 11) is 0. The van der Waals surface area contributed by atoms with Gasteiger partial charge < -0.3 is 4.74 Å². The minimum Gasteiger partial charge on any atom is -0.493 e. The zero-order valence-corrected chi connectivity index (χ0v) is 11.6. The average molecular weight is 312 g/mol. The first-order valence-electron chi connectivity index (χ1n) is 4.84. The highest BCUT2D eigenvalue weighted by Crippen LogP contribution is 2.44. The molecule has 0 radical (unpaired) electrons. The van der Waals surface area contributed by atoms with Gasteiger partial charge in [0.15, 0.2) is 0 Å². The highest BCUT2D eigenvalue weighted by atomic mass is 79.9. The van der Waals surface area contributed by atoms with Crippen molar-refractivity contribution in [3.05, 3.63) is 29.8 Å². The number of unbranched alkanes of at least 4 members (excludes halogenated alkanes) is 1. The van der Waals surface area contributed by atoms with Gasteiger partial charge in [-0.2, -0.15) is 0 Å². The molecule has 0 atom stereocenters. The van der Waals surface area contributed by atoms with Crippen LogP contribution in [0.3, 0.4) is 0 Å². The van der Waals surface area contributed by atoms with Gasteiger partial charge >= 0.3 is 0 Å². The van der Waals surface area contributed by atoms with Crippen molar-refractivity contribution in [2.75, 3.05) is 6.61 Å². The third-order valence-corrected chi connectivity index (χ3v) is 2.78. The maximum absolute atomic E-state index is 5.98. The maximum atomic E-state index is 5.98. The van der Waals surface area contributed by atoms with Gasteiger partial charge in [0, 0.05) is 5.56 Å². The van der Waals surface area contributed by atoms with Gasteiger partial charge in [0.05, 0.1) is 6.61 Å². The highest BCUT2D eigenvalue weighted by Gasteiger charge is 2.25. The fourth-order valence-corrected chi connectivity index (χ4v) is 1.79. The highest BCUT2D eigenvalue weighted by molar-refractivity contribution is 9.10. The van der Waals surface area contributed by atoms with E-state index in [1.165, 1.54) is 0 Å². The smallest absolute Gasteiger partial charge is 0.200 e. The van der Waals surface area contributed by atoms with Gasteiger partial charge in [0.25, 0.3) is 0 Å².